The molecule has 0 radical (unpaired) electrons. The zero-order valence-electron chi connectivity index (χ0n) is 18.4. The molecule has 0 saturated carbocycles. The van der Waals surface area contributed by atoms with Crippen LogP contribution in [0.15, 0.2) is 76.3 Å². The number of thioether (sulfide) groups is 1. The number of hydrogen-bond acceptors (Lipinski definition) is 5. The maximum atomic E-state index is 14.4. The van der Waals surface area contributed by atoms with Crippen LogP contribution in [0.4, 0.5) is 4.39 Å². The fraction of sp³-hybridized carbons (Fsp3) is 0.120. The molecule has 5 rings (SSSR count). The second-order valence-electron chi connectivity index (χ2n) is 7.73. The first kappa shape index (κ1) is 21.8. The number of para-hydroxylation sites is 2. The number of aliphatic imine (C=N–C) groups is 1. The van der Waals surface area contributed by atoms with Crippen molar-refractivity contribution in [2.45, 2.75) is 13.8 Å². The number of amidine groups is 2. The number of ether oxygens (including phenoxy) is 1. The minimum Gasteiger partial charge on any atom is -0.487 e. The quantitative estimate of drug-likeness (QED) is 0.533. The number of rotatable bonds is 5. The predicted molar refractivity (Wildman–Crippen MR) is 132 cm³/mol. The molecule has 3 aromatic rings. The van der Waals surface area contributed by atoms with Gasteiger partial charge in [0.1, 0.15) is 23.2 Å². The van der Waals surface area contributed by atoms with E-state index in [4.69, 9.17) is 10.1 Å². The van der Waals surface area contributed by atoms with Crippen molar-refractivity contribution in [3.8, 4) is 11.4 Å². The third-order valence-electron chi connectivity index (χ3n) is 5.47. The highest BCUT2D eigenvalue weighted by Crippen LogP contribution is 2.30. The van der Waals surface area contributed by atoms with Crippen LogP contribution < -0.4 is 4.74 Å². The van der Waals surface area contributed by atoms with Crippen molar-refractivity contribution >= 4 is 39.8 Å². The van der Waals surface area contributed by atoms with Gasteiger partial charge in [-0.15, -0.1) is 0 Å². The summed E-state index contributed by atoms with van der Waals surface area (Å²) in [4.78, 5) is 16.9. The molecule has 0 unspecified atom stereocenters. The molecular weight excluding hydrogens is 453 g/mol. The fourth-order valence-corrected chi connectivity index (χ4v) is 4.64. The van der Waals surface area contributed by atoms with Crippen molar-refractivity contribution in [1.82, 2.24) is 9.58 Å². The number of amides is 1. The van der Waals surface area contributed by atoms with Gasteiger partial charge >= 0.3 is 0 Å². The molecular formula is C25H20FN5O2S. The molecule has 170 valence electrons. The summed E-state index contributed by atoms with van der Waals surface area (Å²) >= 11 is 1.20. The summed E-state index contributed by atoms with van der Waals surface area (Å²) < 4.78 is 21.9. The number of aryl methyl sites for hydroxylation is 1. The molecule has 0 aliphatic carbocycles. The van der Waals surface area contributed by atoms with Crippen molar-refractivity contribution in [1.29, 1.82) is 5.41 Å². The van der Waals surface area contributed by atoms with Crippen LogP contribution in [0.5, 0.6) is 5.75 Å². The number of nitrogens with one attached hydrogen (secondary N) is 1. The molecule has 0 atom stereocenters. The lowest BCUT2D eigenvalue weighted by atomic mass is 10.1. The third-order valence-corrected chi connectivity index (χ3v) is 6.35. The van der Waals surface area contributed by atoms with E-state index in [1.54, 1.807) is 28.8 Å². The Morgan fingerprint density at radius 3 is 2.62 bits per heavy atom. The molecule has 9 heteroatoms. The monoisotopic (exact) mass is 473 g/mol. The number of nitrogens with zero attached hydrogens (tertiary/aromatic N) is 4. The lowest BCUT2D eigenvalue weighted by Gasteiger charge is -2.20. The third kappa shape index (κ3) is 3.94. The number of fused-ring (bicyclic) bond motifs is 1. The zero-order valence-corrected chi connectivity index (χ0v) is 19.3. The molecule has 0 saturated heterocycles. The summed E-state index contributed by atoms with van der Waals surface area (Å²) in [6.45, 7) is 3.92. The summed E-state index contributed by atoms with van der Waals surface area (Å²) in [5, 5.41) is 15.3. The van der Waals surface area contributed by atoms with Crippen LogP contribution in [-0.4, -0.2) is 38.1 Å². The molecule has 0 bridgehead atoms. The van der Waals surface area contributed by atoms with Crippen molar-refractivity contribution in [2.75, 3.05) is 6.61 Å². The van der Waals surface area contributed by atoms with Crippen LogP contribution in [0, 0.1) is 25.1 Å². The maximum absolute atomic E-state index is 14.4. The number of halogens is 1. The Balaban J connectivity index is 1.42. The van der Waals surface area contributed by atoms with Gasteiger partial charge in [0.2, 0.25) is 5.17 Å². The van der Waals surface area contributed by atoms with Gasteiger partial charge in [-0.25, -0.2) is 4.39 Å². The highest BCUT2D eigenvalue weighted by atomic mass is 32.2. The number of carbonyl (C=O) groups is 1. The van der Waals surface area contributed by atoms with E-state index in [0.717, 1.165) is 11.4 Å². The molecule has 34 heavy (non-hydrogen) atoms. The van der Waals surface area contributed by atoms with Crippen LogP contribution in [0.3, 0.4) is 0 Å². The van der Waals surface area contributed by atoms with Gasteiger partial charge in [0, 0.05) is 11.4 Å². The van der Waals surface area contributed by atoms with Crippen molar-refractivity contribution in [3.05, 3.63) is 89.0 Å². The number of hydrogen-bond donors (Lipinski definition) is 1. The molecule has 0 fully saturated rings. The molecule has 7 nitrogen and oxygen atoms in total. The zero-order chi connectivity index (χ0) is 23.8. The summed E-state index contributed by atoms with van der Waals surface area (Å²) in [5.41, 5.74) is 2.81. The van der Waals surface area contributed by atoms with Gasteiger partial charge in [-0.1, -0.05) is 30.3 Å². The smallest absolute Gasteiger partial charge is 0.283 e. The SMILES string of the molecule is Cc1cc(C=C2C(=N)N3N=C(COc4ccccc4)SC3=NC2=O)c(C)n1-c1ccccc1F. The Kier molecular flexibility index (Phi) is 5.62. The molecule has 2 aliphatic heterocycles. The average Bonchev–Trinajstić information content (AvgIpc) is 3.36. The first-order valence-corrected chi connectivity index (χ1v) is 11.3. The number of benzene rings is 2. The Morgan fingerprint density at radius 1 is 1.12 bits per heavy atom. The van der Waals surface area contributed by atoms with E-state index in [2.05, 4.69) is 10.1 Å². The van der Waals surface area contributed by atoms with Gasteiger partial charge in [0.05, 0.1) is 11.3 Å². The van der Waals surface area contributed by atoms with E-state index in [-0.39, 0.29) is 23.8 Å². The molecule has 1 amide bonds. The standard InChI is InChI=1S/C25H20FN5O2S/c1-15-12-17(16(2)30(15)21-11-7-6-10-20(21)26)13-19-23(27)31-25(28-24(19)32)34-22(29-31)14-33-18-8-4-3-5-9-18/h3-13,27H,14H2,1-2H3. The van der Waals surface area contributed by atoms with E-state index in [0.29, 0.717) is 27.2 Å². The highest BCUT2D eigenvalue weighted by molar-refractivity contribution is 8.27. The van der Waals surface area contributed by atoms with Gasteiger partial charge in [0.15, 0.2) is 5.84 Å². The van der Waals surface area contributed by atoms with Gasteiger partial charge < -0.3 is 9.30 Å². The molecule has 2 aliphatic rings. The van der Waals surface area contributed by atoms with Crippen LogP contribution in [0.2, 0.25) is 0 Å². The Morgan fingerprint density at radius 2 is 1.85 bits per heavy atom. The summed E-state index contributed by atoms with van der Waals surface area (Å²) in [6, 6.07) is 17.7. The number of carbonyl (C=O) groups excluding carboxylic acids is 1. The minimum absolute atomic E-state index is 0.0621. The predicted octanol–water partition coefficient (Wildman–Crippen LogP) is 4.93. The summed E-state index contributed by atoms with van der Waals surface area (Å²) in [6.07, 6.45) is 1.61. The largest absolute Gasteiger partial charge is 0.487 e. The van der Waals surface area contributed by atoms with Crippen LogP contribution >= 0.6 is 11.8 Å². The van der Waals surface area contributed by atoms with Crippen LogP contribution in [-0.2, 0) is 4.79 Å². The maximum Gasteiger partial charge on any atom is 0.283 e. The molecule has 0 spiro atoms. The Hall–Kier alpha value is -3.98. The fourth-order valence-electron chi connectivity index (χ4n) is 3.84. The molecule has 2 aromatic carbocycles. The van der Waals surface area contributed by atoms with E-state index in [9.17, 15) is 9.18 Å². The molecule has 1 N–H and O–H groups in total. The van der Waals surface area contributed by atoms with Crippen molar-refractivity contribution in [2.24, 2.45) is 10.1 Å². The van der Waals surface area contributed by atoms with Crippen LogP contribution in [0.1, 0.15) is 17.0 Å². The summed E-state index contributed by atoms with van der Waals surface area (Å²) in [7, 11) is 0. The van der Waals surface area contributed by atoms with E-state index in [1.807, 2.05) is 50.2 Å². The second kappa shape index (κ2) is 8.75. The van der Waals surface area contributed by atoms with Crippen molar-refractivity contribution in [3.63, 3.8) is 0 Å². The van der Waals surface area contributed by atoms with Gasteiger partial charge in [0.25, 0.3) is 5.91 Å². The lowest BCUT2D eigenvalue weighted by molar-refractivity contribution is -0.114. The Bertz CT molecular complexity index is 1410. The Labute approximate surface area is 199 Å². The van der Waals surface area contributed by atoms with E-state index >= 15 is 0 Å². The average molecular weight is 474 g/mol. The normalized spacial score (nSPS) is 16.6. The lowest BCUT2D eigenvalue weighted by Crippen LogP contribution is -2.35. The molecule has 3 heterocycles. The number of hydrazone groups is 1. The van der Waals surface area contributed by atoms with Crippen LogP contribution in [0.25, 0.3) is 11.8 Å². The topological polar surface area (TPSA) is 83.0 Å². The molecule has 1 aromatic heterocycles. The number of aromatic nitrogens is 1. The van der Waals surface area contributed by atoms with Gasteiger partial charge in [-0.05, 0) is 67.6 Å². The van der Waals surface area contributed by atoms with Gasteiger partial charge in [-0.3, -0.25) is 10.2 Å². The highest BCUT2D eigenvalue weighted by Gasteiger charge is 2.36. The van der Waals surface area contributed by atoms with Gasteiger partial charge in [-0.2, -0.15) is 15.1 Å². The second-order valence-corrected chi connectivity index (χ2v) is 8.77. The van der Waals surface area contributed by atoms with Crippen molar-refractivity contribution < 1.29 is 13.9 Å². The van der Waals surface area contributed by atoms with E-state index < -0.39 is 5.91 Å². The first-order chi connectivity index (χ1) is 16.4. The van der Waals surface area contributed by atoms with E-state index in [1.165, 1.54) is 22.8 Å². The first-order valence-electron chi connectivity index (χ1n) is 10.5. The minimum atomic E-state index is -0.514. The summed E-state index contributed by atoms with van der Waals surface area (Å²) in [5.74, 6) is -0.213.